The monoisotopic (exact) mass is 282 g/mol. The lowest BCUT2D eigenvalue weighted by molar-refractivity contribution is 0.0736. The third-order valence-electron chi connectivity index (χ3n) is 2.14. The number of nitrogens with one attached hydrogen (secondary N) is 2. The normalized spacial score (nSPS) is 12.2. The minimum Gasteiger partial charge on any atom is -0.382 e. The molecule has 0 aromatic rings. The van der Waals surface area contributed by atoms with Gasteiger partial charge < -0.3 is 14.8 Å². The zero-order chi connectivity index (χ0) is 13.9. The van der Waals surface area contributed by atoms with Crippen LogP contribution in [0.5, 0.6) is 0 Å². The van der Waals surface area contributed by atoms with Gasteiger partial charge in [0.2, 0.25) is 10.0 Å². The molecule has 0 amide bonds. The predicted octanol–water partition coefficient (Wildman–Crippen LogP) is -0.0431. The van der Waals surface area contributed by atoms with E-state index < -0.39 is 10.0 Å². The number of sulfonamides is 1. The Bertz CT molecular complexity index is 281. The van der Waals surface area contributed by atoms with Crippen LogP contribution in [0.2, 0.25) is 0 Å². The molecule has 0 atom stereocenters. The summed E-state index contributed by atoms with van der Waals surface area (Å²) in [7, 11) is -1.58. The smallest absolute Gasteiger partial charge is 0.211 e. The first-order valence-electron chi connectivity index (χ1n) is 6.25. The molecule has 0 rings (SSSR count). The van der Waals surface area contributed by atoms with E-state index in [2.05, 4.69) is 10.0 Å². The number of ether oxygens (including phenoxy) is 2. The Morgan fingerprint density at radius 3 is 2.44 bits per heavy atom. The third kappa shape index (κ3) is 12.3. The van der Waals surface area contributed by atoms with Crippen LogP contribution >= 0.6 is 0 Å². The first kappa shape index (κ1) is 17.8. The summed E-state index contributed by atoms with van der Waals surface area (Å²) in [6.07, 6.45) is 0.609. The van der Waals surface area contributed by atoms with Gasteiger partial charge in [0, 0.05) is 19.7 Å². The van der Waals surface area contributed by atoms with Crippen molar-refractivity contribution in [3.8, 4) is 0 Å². The average Bonchev–Trinajstić information content (AvgIpc) is 2.29. The van der Waals surface area contributed by atoms with E-state index in [-0.39, 0.29) is 5.75 Å². The molecule has 0 aliphatic rings. The zero-order valence-electron chi connectivity index (χ0n) is 11.6. The summed E-state index contributed by atoms with van der Waals surface area (Å²) in [6.45, 7) is 6.46. The van der Waals surface area contributed by atoms with Crippen LogP contribution in [0.4, 0.5) is 0 Å². The van der Waals surface area contributed by atoms with E-state index in [0.29, 0.717) is 45.4 Å². The molecule has 0 spiro atoms. The second-order valence-electron chi connectivity index (χ2n) is 4.28. The Morgan fingerprint density at radius 2 is 1.83 bits per heavy atom. The average molecular weight is 282 g/mol. The van der Waals surface area contributed by atoms with Crippen LogP contribution in [0, 0.1) is 0 Å². The molecule has 110 valence electrons. The molecule has 0 aliphatic carbocycles. The molecular weight excluding hydrogens is 256 g/mol. The summed E-state index contributed by atoms with van der Waals surface area (Å²) >= 11 is 0. The topological polar surface area (TPSA) is 76.7 Å². The lowest BCUT2D eigenvalue weighted by atomic mass is 10.4. The second-order valence-corrected chi connectivity index (χ2v) is 6.21. The fraction of sp³-hybridized carbons (Fsp3) is 1.00. The molecule has 0 bridgehead atoms. The van der Waals surface area contributed by atoms with Crippen molar-refractivity contribution in [3.63, 3.8) is 0 Å². The number of hydrogen-bond acceptors (Lipinski definition) is 5. The molecule has 0 saturated heterocycles. The highest BCUT2D eigenvalue weighted by molar-refractivity contribution is 7.89. The maximum Gasteiger partial charge on any atom is 0.211 e. The Labute approximate surface area is 110 Å². The Balaban J connectivity index is 3.49. The summed E-state index contributed by atoms with van der Waals surface area (Å²) in [5, 5.41) is 3.18. The molecule has 0 radical (unpaired) electrons. The van der Waals surface area contributed by atoms with Crippen LogP contribution in [-0.2, 0) is 19.5 Å². The van der Waals surface area contributed by atoms with Gasteiger partial charge in [0.15, 0.2) is 0 Å². The lowest BCUT2D eigenvalue weighted by Gasteiger charge is -2.09. The summed E-state index contributed by atoms with van der Waals surface area (Å²) in [5.74, 6) is 0.144. The molecule has 0 saturated carbocycles. The quantitative estimate of drug-likeness (QED) is 0.491. The number of rotatable bonds is 12. The second kappa shape index (κ2) is 10.7. The van der Waals surface area contributed by atoms with Crippen molar-refractivity contribution in [3.05, 3.63) is 0 Å². The van der Waals surface area contributed by atoms with Crippen molar-refractivity contribution in [1.29, 1.82) is 0 Å². The van der Waals surface area contributed by atoms with Gasteiger partial charge >= 0.3 is 0 Å². The van der Waals surface area contributed by atoms with Gasteiger partial charge in [-0.05, 0) is 13.0 Å². The van der Waals surface area contributed by atoms with Crippen LogP contribution in [0.25, 0.3) is 0 Å². The Morgan fingerprint density at radius 1 is 1.11 bits per heavy atom. The highest BCUT2D eigenvalue weighted by Gasteiger charge is 2.08. The standard InChI is InChI=1S/C11H26N2O4S/c1-11(2)12-5-4-10-18(14,15)13-6-7-17-9-8-16-3/h11-13H,4-10H2,1-3H3. The van der Waals surface area contributed by atoms with Gasteiger partial charge in [-0.2, -0.15) is 0 Å². The first-order valence-corrected chi connectivity index (χ1v) is 7.90. The van der Waals surface area contributed by atoms with Crippen LogP contribution in [0.3, 0.4) is 0 Å². The van der Waals surface area contributed by atoms with Gasteiger partial charge in [-0.25, -0.2) is 13.1 Å². The molecule has 0 fully saturated rings. The van der Waals surface area contributed by atoms with Crippen molar-refractivity contribution in [1.82, 2.24) is 10.0 Å². The van der Waals surface area contributed by atoms with Gasteiger partial charge in [0.1, 0.15) is 0 Å². The molecule has 7 heteroatoms. The summed E-state index contributed by atoms with van der Waals surface area (Å²) < 4.78 is 35.6. The molecular formula is C11H26N2O4S. The number of methoxy groups -OCH3 is 1. The van der Waals surface area contributed by atoms with E-state index in [1.807, 2.05) is 13.8 Å². The Kier molecular flexibility index (Phi) is 10.6. The summed E-state index contributed by atoms with van der Waals surface area (Å²) in [5.41, 5.74) is 0. The maximum atomic E-state index is 11.5. The molecule has 0 aromatic carbocycles. The largest absolute Gasteiger partial charge is 0.382 e. The SMILES string of the molecule is COCCOCCNS(=O)(=O)CCCNC(C)C. The molecule has 2 N–H and O–H groups in total. The van der Waals surface area contributed by atoms with E-state index in [1.54, 1.807) is 7.11 Å². The zero-order valence-corrected chi connectivity index (χ0v) is 12.4. The molecule has 0 aromatic heterocycles. The first-order chi connectivity index (χ1) is 8.48. The van der Waals surface area contributed by atoms with E-state index >= 15 is 0 Å². The van der Waals surface area contributed by atoms with Crippen molar-refractivity contribution < 1.29 is 17.9 Å². The third-order valence-corrected chi connectivity index (χ3v) is 3.61. The van der Waals surface area contributed by atoms with Gasteiger partial charge in [-0.15, -0.1) is 0 Å². The summed E-state index contributed by atoms with van der Waals surface area (Å²) in [6, 6.07) is 0.384. The van der Waals surface area contributed by atoms with Gasteiger partial charge in [-0.3, -0.25) is 0 Å². The van der Waals surface area contributed by atoms with Crippen LogP contribution < -0.4 is 10.0 Å². The molecule has 0 unspecified atom stereocenters. The fourth-order valence-corrected chi connectivity index (χ4v) is 2.30. The van der Waals surface area contributed by atoms with E-state index in [0.717, 1.165) is 0 Å². The Hall–Kier alpha value is -0.210. The van der Waals surface area contributed by atoms with Crippen molar-refractivity contribution in [2.24, 2.45) is 0 Å². The molecule has 6 nitrogen and oxygen atoms in total. The van der Waals surface area contributed by atoms with Crippen LogP contribution in [0.1, 0.15) is 20.3 Å². The predicted molar refractivity (Wildman–Crippen MR) is 72.2 cm³/mol. The van der Waals surface area contributed by atoms with Crippen LogP contribution in [-0.4, -0.2) is 60.2 Å². The summed E-state index contributed by atoms with van der Waals surface area (Å²) in [4.78, 5) is 0. The minimum absolute atomic E-state index is 0.144. The molecule has 0 aliphatic heterocycles. The fourth-order valence-electron chi connectivity index (χ4n) is 1.24. The van der Waals surface area contributed by atoms with E-state index in [1.165, 1.54) is 0 Å². The van der Waals surface area contributed by atoms with Crippen molar-refractivity contribution >= 4 is 10.0 Å². The van der Waals surface area contributed by atoms with Gasteiger partial charge in [-0.1, -0.05) is 13.8 Å². The highest BCUT2D eigenvalue weighted by Crippen LogP contribution is 1.89. The minimum atomic E-state index is -3.17. The van der Waals surface area contributed by atoms with Gasteiger partial charge in [0.05, 0.1) is 25.6 Å². The lowest BCUT2D eigenvalue weighted by Crippen LogP contribution is -2.32. The van der Waals surface area contributed by atoms with E-state index in [9.17, 15) is 8.42 Å². The van der Waals surface area contributed by atoms with Crippen LogP contribution in [0.15, 0.2) is 0 Å². The van der Waals surface area contributed by atoms with E-state index in [4.69, 9.17) is 9.47 Å². The molecule has 0 heterocycles. The van der Waals surface area contributed by atoms with Gasteiger partial charge in [0.25, 0.3) is 0 Å². The maximum absolute atomic E-state index is 11.5. The molecule has 18 heavy (non-hydrogen) atoms. The number of hydrogen-bond donors (Lipinski definition) is 2. The van der Waals surface area contributed by atoms with Crippen molar-refractivity contribution in [2.45, 2.75) is 26.3 Å². The highest BCUT2D eigenvalue weighted by atomic mass is 32.2. The van der Waals surface area contributed by atoms with Crippen molar-refractivity contribution in [2.75, 3.05) is 45.8 Å².